The second kappa shape index (κ2) is 15.9. The topological polar surface area (TPSA) is 0 Å². The van der Waals surface area contributed by atoms with Crippen molar-refractivity contribution in [2.75, 3.05) is 0 Å². The molecule has 0 aliphatic heterocycles. The van der Waals surface area contributed by atoms with Crippen LogP contribution in [0.5, 0.6) is 0 Å². The van der Waals surface area contributed by atoms with Gasteiger partial charge in [-0.1, -0.05) is 95.8 Å². The van der Waals surface area contributed by atoms with E-state index in [0.717, 1.165) is 0 Å². The van der Waals surface area contributed by atoms with Crippen LogP contribution < -0.4 is 0 Å². The third kappa shape index (κ3) is 10.1. The van der Waals surface area contributed by atoms with E-state index in [9.17, 15) is 0 Å². The van der Waals surface area contributed by atoms with Gasteiger partial charge in [-0.3, -0.25) is 0 Å². The Balaban J connectivity index is 0.000000305. The fourth-order valence-corrected chi connectivity index (χ4v) is 5.85. The first-order valence-corrected chi connectivity index (χ1v) is 13.9. The van der Waals surface area contributed by atoms with Gasteiger partial charge in [0, 0.05) is 9.40 Å². The molecule has 0 spiro atoms. The predicted molar refractivity (Wildman–Crippen MR) is 136 cm³/mol. The predicted octanol–water partition coefficient (Wildman–Crippen LogP) is 10.7. The van der Waals surface area contributed by atoms with Gasteiger partial charge >= 0.3 is 0 Å². The Morgan fingerprint density at radius 3 is 1.76 bits per heavy atom. The molecule has 2 aromatic heterocycles. The van der Waals surface area contributed by atoms with Crippen molar-refractivity contribution >= 4 is 32.1 Å². The molecule has 0 N–H and O–H groups in total. The molecule has 0 nitrogen and oxygen atoms in total. The lowest BCUT2D eigenvalue weighted by molar-refractivity contribution is 0.598. The van der Waals surface area contributed by atoms with E-state index in [-0.39, 0.29) is 0 Å². The summed E-state index contributed by atoms with van der Waals surface area (Å²) in [5.41, 5.74) is 3.46. The van der Waals surface area contributed by atoms with Gasteiger partial charge in [0.05, 0.1) is 0 Å². The SMILES string of the molecule is CCCCCCCCC1=C(CCCCCCCC)CC=C1.c1cc2sccc2s1. The zero-order valence-corrected chi connectivity index (χ0v) is 20.5. The van der Waals surface area contributed by atoms with Crippen LogP contribution in [0.15, 0.2) is 46.2 Å². The van der Waals surface area contributed by atoms with Crippen molar-refractivity contribution in [3.05, 3.63) is 46.2 Å². The molecule has 0 radical (unpaired) electrons. The number of hydrogen-bond donors (Lipinski definition) is 0. The maximum absolute atomic E-state index is 2.42. The second-order valence-electron chi connectivity index (χ2n) is 8.34. The maximum atomic E-state index is 2.42. The first kappa shape index (κ1) is 24.4. The molecule has 0 unspecified atom stereocenters. The Morgan fingerprint density at radius 1 is 0.655 bits per heavy atom. The summed E-state index contributed by atoms with van der Waals surface area (Å²) in [5.74, 6) is 0. The second-order valence-corrected chi connectivity index (χ2v) is 10.2. The van der Waals surface area contributed by atoms with Gasteiger partial charge < -0.3 is 0 Å². The van der Waals surface area contributed by atoms with E-state index in [2.05, 4.69) is 48.9 Å². The minimum absolute atomic E-state index is 1.25. The molecule has 0 amide bonds. The number of fused-ring (bicyclic) bond motifs is 1. The molecule has 3 rings (SSSR count). The van der Waals surface area contributed by atoms with Crippen LogP contribution >= 0.6 is 22.7 Å². The van der Waals surface area contributed by atoms with E-state index in [0.29, 0.717) is 0 Å². The lowest BCUT2D eigenvalue weighted by Gasteiger charge is -2.08. The fourth-order valence-electron chi connectivity index (χ4n) is 4.03. The summed E-state index contributed by atoms with van der Waals surface area (Å²) < 4.78 is 2.82. The fraction of sp³-hybridized carbons (Fsp3) is 0.630. The molecule has 0 saturated carbocycles. The number of unbranched alkanes of at least 4 members (excludes halogenated alkanes) is 10. The summed E-state index contributed by atoms with van der Waals surface area (Å²) >= 11 is 3.61. The van der Waals surface area contributed by atoms with Gasteiger partial charge in [0.1, 0.15) is 0 Å². The summed E-state index contributed by atoms with van der Waals surface area (Å²) in [6, 6.07) is 4.31. The van der Waals surface area contributed by atoms with Gasteiger partial charge in [0.25, 0.3) is 0 Å². The molecule has 2 heteroatoms. The van der Waals surface area contributed by atoms with Crippen LogP contribution in [0.1, 0.15) is 110 Å². The van der Waals surface area contributed by atoms with Crippen molar-refractivity contribution in [2.24, 2.45) is 0 Å². The lowest BCUT2D eigenvalue weighted by atomic mass is 9.98. The van der Waals surface area contributed by atoms with Gasteiger partial charge in [-0.2, -0.15) is 0 Å². The van der Waals surface area contributed by atoms with Crippen LogP contribution in [0.3, 0.4) is 0 Å². The number of thiophene rings is 2. The monoisotopic (exact) mass is 430 g/mol. The molecule has 1 aliphatic carbocycles. The van der Waals surface area contributed by atoms with E-state index in [1.165, 1.54) is 106 Å². The molecular formula is C27H42S2. The number of rotatable bonds is 14. The molecule has 0 fully saturated rings. The van der Waals surface area contributed by atoms with Crippen LogP contribution in [0.2, 0.25) is 0 Å². The molecule has 0 bridgehead atoms. The zero-order valence-electron chi connectivity index (χ0n) is 18.9. The third-order valence-corrected chi connectivity index (χ3v) is 7.73. The van der Waals surface area contributed by atoms with Crippen molar-refractivity contribution in [1.29, 1.82) is 0 Å². The van der Waals surface area contributed by atoms with E-state index < -0.39 is 0 Å². The van der Waals surface area contributed by atoms with Crippen molar-refractivity contribution in [2.45, 2.75) is 110 Å². The van der Waals surface area contributed by atoms with Crippen LogP contribution in [-0.2, 0) is 0 Å². The van der Waals surface area contributed by atoms with Gasteiger partial charge in [0.2, 0.25) is 0 Å². The van der Waals surface area contributed by atoms with E-state index in [1.807, 2.05) is 0 Å². The van der Waals surface area contributed by atoms with Gasteiger partial charge in [-0.25, -0.2) is 0 Å². The highest BCUT2D eigenvalue weighted by atomic mass is 32.1. The Bertz CT molecular complexity index is 650. The molecular weight excluding hydrogens is 388 g/mol. The smallest absolute Gasteiger partial charge is 0.0450 e. The Labute approximate surface area is 188 Å². The van der Waals surface area contributed by atoms with Crippen molar-refractivity contribution in [1.82, 2.24) is 0 Å². The Kier molecular flexibility index (Phi) is 13.4. The summed E-state index contributed by atoms with van der Waals surface area (Å²) in [6.45, 7) is 4.59. The minimum atomic E-state index is 1.25. The van der Waals surface area contributed by atoms with Gasteiger partial charge in [0.15, 0.2) is 0 Å². The Hall–Kier alpha value is -0.860. The molecule has 2 aromatic rings. The molecule has 0 saturated heterocycles. The van der Waals surface area contributed by atoms with Gasteiger partial charge in [-0.05, 0) is 60.6 Å². The highest BCUT2D eigenvalue weighted by Gasteiger charge is 2.08. The number of hydrogen-bond acceptors (Lipinski definition) is 2. The van der Waals surface area contributed by atoms with E-state index in [1.54, 1.807) is 33.8 Å². The van der Waals surface area contributed by atoms with Crippen molar-refractivity contribution in [3.8, 4) is 0 Å². The average molecular weight is 431 g/mol. The quantitative estimate of drug-likeness (QED) is 0.261. The van der Waals surface area contributed by atoms with E-state index >= 15 is 0 Å². The summed E-state index contributed by atoms with van der Waals surface area (Å²) in [6.07, 6.45) is 25.8. The maximum Gasteiger partial charge on any atom is 0.0450 e. The molecule has 29 heavy (non-hydrogen) atoms. The molecule has 1 aliphatic rings. The normalized spacial score (nSPS) is 13.3. The Morgan fingerprint density at radius 2 is 1.17 bits per heavy atom. The van der Waals surface area contributed by atoms with Crippen LogP contribution in [-0.4, -0.2) is 0 Å². The van der Waals surface area contributed by atoms with E-state index in [4.69, 9.17) is 0 Å². The summed E-state index contributed by atoms with van der Waals surface area (Å²) in [4.78, 5) is 0. The molecule has 0 atom stereocenters. The number of allylic oxidation sites excluding steroid dienone is 4. The average Bonchev–Trinajstić information content (AvgIpc) is 3.46. The molecule has 162 valence electrons. The van der Waals surface area contributed by atoms with Crippen LogP contribution in [0.4, 0.5) is 0 Å². The highest BCUT2D eigenvalue weighted by molar-refractivity contribution is 7.25. The third-order valence-electron chi connectivity index (χ3n) is 5.84. The lowest BCUT2D eigenvalue weighted by Crippen LogP contribution is -1.88. The summed E-state index contributed by atoms with van der Waals surface area (Å²) in [7, 11) is 0. The van der Waals surface area contributed by atoms with Gasteiger partial charge in [-0.15, -0.1) is 22.7 Å². The minimum Gasteiger partial charge on any atom is -0.143 e. The van der Waals surface area contributed by atoms with Crippen LogP contribution in [0, 0.1) is 0 Å². The zero-order chi connectivity index (χ0) is 20.6. The molecule has 0 aromatic carbocycles. The first-order chi connectivity index (χ1) is 14.3. The van der Waals surface area contributed by atoms with Crippen LogP contribution in [0.25, 0.3) is 9.40 Å². The largest absolute Gasteiger partial charge is 0.143 e. The molecule has 2 heterocycles. The van der Waals surface area contributed by atoms with Crippen molar-refractivity contribution < 1.29 is 0 Å². The standard InChI is InChI=1S/C21H38.C6H4S2/c1-3-5-7-9-11-13-16-20-18-15-19-21(20)17-14-12-10-8-6-4-2;1-3-7-6-2-4-8-5(1)6/h15,18H,3-14,16-17,19H2,1-2H3;1-4H. The summed E-state index contributed by atoms with van der Waals surface area (Å²) in [5, 5.41) is 4.25. The van der Waals surface area contributed by atoms with Crippen molar-refractivity contribution in [3.63, 3.8) is 0 Å². The first-order valence-electron chi connectivity index (χ1n) is 12.1. The highest BCUT2D eigenvalue weighted by Crippen LogP contribution is 2.28.